The zero-order valence-corrected chi connectivity index (χ0v) is 27.1. The average Bonchev–Trinajstić information content (AvgIpc) is 3.25. The molecule has 5 atom stereocenters. The molecule has 1 heterocycles. The maximum absolute atomic E-state index is 14.5. The number of hydrogen-bond donors (Lipinski definition) is 4. The van der Waals surface area contributed by atoms with Gasteiger partial charge in [-0.3, -0.25) is 9.59 Å². The molecule has 48 heavy (non-hydrogen) atoms. The van der Waals surface area contributed by atoms with E-state index in [0.29, 0.717) is 47.6 Å². The lowest BCUT2D eigenvalue weighted by Crippen LogP contribution is -2.55. The fraction of sp³-hybridized carbons (Fsp3) is 0.316. The highest BCUT2D eigenvalue weighted by molar-refractivity contribution is 5.94. The molecular formula is C38H40N2O8. The summed E-state index contributed by atoms with van der Waals surface area (Å²) < 4.78 is 23.5. The van der Waals surface area contributed by atoms with Crippen LogP contribution in [0, 0.1) is 5.92 Å². The quantitative estimate of drug-likeness (QED) is 0.167. The predicted octanol–water partition coefficient (Wildman–Crippen LogP) is 4.29. The second-order valence-corrected chi connectivity index (χ2v) is 12.0. The summed E-state index contributed by atoms with van der Waals surface area (Å²) in [7, 11) is 4.52. The van der Waals surface area contributed by atoms with Crippen molar-refractivity contribution in [2.45, 2.75) is 36.1 Å². The van der Waals surface area contributed by atoms with Crippen LogP contribution >= 0.6 is 0 Å². The molecule has 1 fully saturated rings. The SMILES string of the molecule is COc1ccc([C@]23Oc4cc(OC)cc(OC)c4[C@](O)([C@H]2O)[C@@H](C(=O)NCCCCNC(=O)c2ccccc2)[C@@H]3c2ccccc2)cc1. The van der Waals surface area contributed by atoms with E-state index in [1.807, 2.05) is 48.5 Å². The Bertz CT molecular complexity index is 1750. The third-order valence-electron chi connectivity index (χ3n) is 9.47. The van der Waals surface area contributed by atoms with Crippen molar-refractivity contribution in [1.82, 2.24) is 10.6 Å². The molecule has 0 aromatic heterocycles. The van der Waals surface area contributed by atoms with Crippen molar-refractivity contribution in [3.8, 4) is 23.0 Å². The normalized spacial score (nSPS) is 23.7. The van der Waals surface area contributed by atoms with Gasteiger partial charge < -0.3 is 39.8 Å². The monoisotopic (exact) mass is 652 g/mol. The molecule has 0 spiro atoms. The third-order valence-corrected chi connectivity index (χ3v) is 9.47. The fourth-order valence-corrected chi connectivity index (χ4v) is 7.25. The number of rotatable bonds is 12. The first kappa shape index (κ1) is 32.9. The lowest BCUT2D eigenvalue weighted by molar-refractivity contribution is -0.162. The molecule has 4 N–H and O–H groups in total. The molecule has 0 unspecified atom stereocenters. The Balaban J connectivity index is 1.36. The van der Waals surface area contributed by atoms with Gasteiger partial charge >= 0.3 is 0 Å². The maximum atomic E-state index is 14.5. The summed E-state index contributed by atoms with van der Waals surface area (Å²) in [5, 5.41) is 31.3. The van der Waals surface area contributed by atoms with E-state index in [-0.39, 0.29) is 29.5 Å². The van der Waals surface area contributed by atoms with Crippen molar-refractivity contribution in [3.63, 3.8) is 0 Å². The van der Waals surface area contributed by atoms with E-state index >= 15 is 0 Å². The van der Waals surface area contributed by atoms with Crippen LogP contribution in [-0.2, 0) is 16.0 Å². The Morgan fingerprint density at radius 1 is 0.792 bits per heavy atom. The molecule has 10 heteroatoms. The fourth-order valence-electron chi connectivity index (χ4n) is 7.25. The van der Waals surface area contributed by atoms with Crippen molar-refractivity contribution in [1.29, 1.82) is 0 Å². The number of carbonyl (C=O) groups is 2. The lowest BCUT2D eigenvalue weighted by Gasteiger charge is -2.45. The first-order chi connectivity index (χ1) is 23.3. The highest BCUT2D eigenvalue weighted by Crippen LogP contribution is 2.68. The van der Waals surface area contributed by atoms with Crippen LogP contribution in [0.2, 0.25) is 0 Å². The zero-order valence-electron chi connectivity index (χ0n) is 27.1. The zero-order chi connectivity index (χ0) is 33.9. The second-order valence-electron chi connectivity index (χ2n) is 12.0. The van der Waals surface area contributed by atoms with E-state index in [0.717, 1.165) is 0 Å². The topological polar surface area (TPSA) is 136 Å². The van der Waals surface area contributed by atoms with Crippen LogP contribution in [-0.4, -0.2) is 62.6 Å². The summed E-state index contributed by atoms with van der Waals surface area (Å²) in [6.07, 6.45) is -0.405. The van der Waals surface area contributed by atoms with E-state index in [2.05, 4.69) is 10.6 Å². The summed E-state index contributed by atoms with van der Waals surface area (Å²) in [6.45, 7) is 0.719. The van der Waals surface area contributed by atoms with Gasteiger partial charge in [0, 0.05) is 36.7 Å². The standard InChI is InChI=1S/C38H40N2O8/c1-45-27-18-16-26(17-19-27)38-31(24-12-6-4-7-13-24)33(35(42)40-21-11-10-20-39-34(41)25-14-8-5-9-15-25)37(44,36(38)43)32-29(47-3)22-28(46-2)23-30(32)48-38/h4-9,12-19,22-23,31,33,36,43-44H,10-11,20-21H2,1-3H3,(H,39,41)(H,40,42)/t31-,33+,36+,37+,38+/m0/s1. The number of aliphatic hydroxyl groups is 2. The first-order valence-corrected chi connectivity index (χ1v) is 16.0. The summed E-state index contributed by atoms with van der Waals surface area (Å²) in [5.41, 5.74) is -1.73. The minimum absolute atomic E-state index is 0.159. The summed E-state index contributed by atoms with van der Waals surface area (Å²) >= 11 is 0. The van der Waals surface area contributed by atoms with Crippen LogP contribution in [0.4, 0.5) is 0 Å². The number of methoxy groups -OCH3 is 3. The van der Waals surface area contributed by atoms with E-state index < -0.39 is 35.0 Å². The van der Waals surface area contributed by atoms with Gasteiger partial charge in [0.25, 0.3) is 5.91 Å². The Hall–Kier alpha value is -5.06. The Morgan fingerprint density at radius 3 is 2.04 bits per heavy atom. The number of amides is 2. The van der Waals surface area contributed by atoms with Crippen molar-refractivity contribution in [2.75, 3.05) is 34.4 Å². The van der Waals surface area contributed by atoms with Crippen molar-refractivity contribution in [3.05, 3.63) is 119 Å². The van der Waals surface area contributed by atoms with Crippen molar-refractivity contribution < 1.29 is 38.7 Å². The number of nitrogens with one attached hydrogen (secondary N) is 2. The molecule has 0 radical (unpaired) electrons. The summed E-state index contributed by atoms with van der Waals surface area (Å²) in [4.78, 5) is 26.9. The number of carbonyl (C=O) groups excluding carboxylic acids is 2. The molecule has 10 nitrogen and oxygen atoms in total. The van der Waals surface area contributed by atoms with E-state index in [4.69, 9.17) is 18.9 Å². The highest BCUT2D eigenvalue weighted by atomic mass is 16.5. The molecule has 1 saturated carbocycles. The number of fused-ring (bicyclic) bond motifs is 4. The number of aliphatic hydroxyl groups excluding tert-OH is 1. The van der Waals surface area contributed by atoms with Crippen LogP contribution in [0.25, 0.3) is 0 Å². The molecule has 2 amide bonds. The van der Waals surface area contributed by atoms with Gasteiger partial charge in [-0.25, -0.2) is 0 Å². The highest BCUT2D eigenvalue weighted by Gasteiger charge is 2.76. The van der Waals surface area contributed by atoms with E-state index in [1.165, 1.54) is 14.2 Å². The largest absolute Gasteiger partial charge is 0.497 e. The van der Waals surface area contributed by atoms with Crippen molar-refractivity contribution in [2.24, 2.45) is 5.92 Å². The molecule has 0 saturated heterocycles. The van der Waals surface area contributed by atoms with Crippen LogP contribution < -0.4 is 29.6 Å². The maximum Gasteiger partial charge on any atom is 0.251 e. The van der Waals surface area contributed by atoms with Gasteiger partial charge in [0.15, 0.2) is 5.60 Å². The summed E-state index contributed by atoms with van der Waals surface area (Å²) in [6, 6.07) is 28.6. The molecule has 250 valence electrons. The molecule has 1 aliphatic carbocycles. The molecule has 6 rings (SSSR count). The van der Waals surface area contributed by atoms with Gasteiger partial charge in [0.1, 0.15) is 34.7 Å². The number of ether oxygens (including phenoxy) is 4. The van der Waals surface area contributed by atoms with Crippen LogP contribution in [0.15, 0.2) is 97.1 Å². The Labute approximate surface area is 279 Å². The molecule has 4 aromatic carbocycles. The van der Waals surface area contributed by atoms with E-state index in [1.54, 1.807) is 55.6 Å². The van der Waals surface area contributed by atoms with Gasteiger partial charge in [-0.15, -0.1) is 0 Å². The van der Waals surface area contributed by atoms with Gasteiger partial charge in [-0.1, -0.05) is 60.7 Å². The molecule has 2 aliphatic rings. The van der Waals surface area contributed by atoms with E-state index in [9.17, 15) is 19.8 Å². The number of benzene rings is 4. The minimum atomic E-state index is -2.14. The smallest absolute Gasteiger partial charge is 0.251 e. The van der Waals surface area contributed by atoms with Crippen LogP contribution in [0.1, 0.15) is 45.8 Å². The molecule has 2 bridgehead atoms. The van der Waals surface area contributed by atoms with Crippen molar-refractivity contribution >= 4 is 11.8 Å². The van der Waals surface area contributed by atoms with Crippen LogP contribution in [0.5, 0.6) is 23.0 Å². The number of hydrogen-bond acceptors (Lipinski definition) is 8. The van der Waals surface area contributed by atoms with Gasteiger partial charge in [0.05, 0.1) is 32.8 Å². The van der Waals surface area contributed by atoms with Crippen LogP contribution in [0.3, 0.4) is 0 Å². The van der Waals surface area contributed by atoms with Gasteiger partial charge in [0.2, 0.25) is 5.91 Å². The number of unbranched alkanes of at least 4 members (excludes halogenated alkanes) is 1. The second kappa shape index (κ2) is 13.6. The summed E-state index contributed by atoms with van der Waals surface area (Å²) in [5.74, 6) is -1.19. The predicted molar refractivity (Wildman–Crippen MR) is 178 cm³/mol. The third kappa shape index (κ3) is 5.50. The average molecular weight is 653 g/mol. The molecule has 1 aliphatic heterocycles. The lowest BCUT2D eigenvalue weighted by atomic mass is 9.75. The Kier molecular flexibility index (Phi) is 9.30. The molecule has 4 aromatic rings. The first-order valence-electron chi connectivity index (χ1n) is 16.0. The Morgan fingerprint density at radius 2 is 1.42 bits per heavy atom. The van der Waals surface area contributed by atoms with Gasteiger partial charge in [-0.05, 0) is 48.2 Å². The van der Waals surface area contributed by atoms with Gasteiger partial charge in [-0.2, -0.15) is 0 Å². The minimum Gasteiger partial charge on any atom is -0.497 e. The molecular weight excluding hydrogens is 612 g/mol.